The number of ether oxygens (including phenoxy) is 1. The molecule has 0 atom stereocenters. The first kappa shape index (κ1) is 13.8. The topological polar surface area (TPSA) is 34.2 Å². The van der Waals surface area contributed by atoms with E-state index in [9.17, 15) is 4.39 Å². The van der Waals surface area contributed by atoms with Crippen molar-refractivity contribution < 1.29 is 9.13 Å². The van der Waals surface area contributed by atoms with E-state index in [4.69, 9.17) is 4.74 Å². The van der Waals surface area contributed by atoms with Gasteiger partial charge in [0.15, 0.2) is 0 Å². The molecule has 0 saturated heterocycles. The van der Waals surface area contributed by atoms with Crippen LogP contribution in [-0.4, -0.2) is 11.5 Å². The van der Waals surface area contributed by atoms with E-state index >= 15 is 0 Å². The molecule has 5 heteroatoms. The lowest BCUT2D eigenvalue weighted by Crippen LogP contribution is -2.01. The average molecular weight is 325 g/mol. The van der Waals surface area contributed by atoms with Crippen molar-refractivity contribution in [3.8, 4) is 5.75 Å². The molecule has 2 aromatic rings. The zero-order valence-electron chi connectivity index (χ0n) is 10.5. The molecule has 0 spiro atoms. The van der Waals surface area contributed by atoms with Gasteiger partial charge in [-0.15, -0.1) is 0 Å². The van der Waals surface area contributed by atoms with Crippen LogP contribution in [0.15, 0.2) is 41.0 Å². The normalized spacial score (nSPS) is 10.3. The van der Waals surface area contributed by atoms with Crippen molar-refractivity contribution in [1.29, 1.82) is 0 Å². The van der Waals surface area contributed by atoms with Gasteiger partial charge < -0.3 is 10.1 Å². The van der Waals surface area contributed by atoms with E-state index in [1.165, 1.54) is 12.1 Å². The molecule has 0 saturated carbocycles. The Hall–Kier alpha value is -1.62. The predicted molar refractivity (Wildman–Crippen MR) is 76.8 cm³/mol. The molecule has 0 unspecified atom stereocenters. The van der Waals surface area contributed by atoms with Gasteiger partial charge in [-0.2, -0.15) is 0 Å². The first-order valence-corrected chi connectivity index (χ1v) is 6.74. The van der Waals surface area contributed by atoms with E-state index in [0.717, 1.165) is 17.9 Å². The maximum atomic E-state index is 13.2. The van der Waals surface area contributed by atoms with Crippen molar-refractivity contribution in [3.05, 3.63) is 52.5 Å². The molecule has 0 aliphatic carbocycles. The minimum atomic E-state index is -0.335. The van der Waals surface area contributed by atoms with Crippen molar-refractivity contribution in [2.45, 2.75) is 13.5 Å². The average Bonchev–Trinajstić information content (AvgIpc) is 2.36. The quantitative estimate of drug-likeness (QED) is 0.902. The summed E-state index contributed by atoms with van der Waals surface area (Å²) in [5.74, 6) is 0.140. The molecule has 0 aliphatic rings. The molecular formula is C14H14BrFN2O. The van der Waals surface area contributed by atoms with Gasteiger partial charge in [-0.1, -0.05) is 15.9 Å². The Morgan fingerprint density at radius 2 is 2.16 bits per heavy atom. The van der Waals surface area contributed by atoms with E-state index in [1.54, 1.807) is 12.3 Å². The molecule has 0 fully saturated rings. The minimum Gasteiger partial charge on any atom is -0.487 e. The summed E-state index contributed by atoms with van der Waals surface area (Å²) in [6.07, 6.45) is 1.72. The van der Waals surface area contributed by atoms with Gasteiger partial charge in [-0.05, 0) is 31.2 Å². The van der Waals surface area contributed by atoms with Gasteiger partial charge in [0.25, 0.3) is 0 Å². The van der Waals surface area contributed by atoms with Crippen molar-refractivity contribution in [1.82, 2.24) is 4.98 Å². The minimum absolute atomic E-state index is 0.301. The Bertz CT molecular complexity index is 543. The second kappa shape index (κ2) is 6.52. The zero-order chi connectivity index (χ0) is 13.7. The van der Waals surface area contributed by atoms with Crippen molar-refractivity contribution >= 4 is 21.6 Å². The second-order valence-electron chi connectivity index (χ2n) is 3.96. The van der Waals surface area contributed by atoms with Gasteiger partial charge in [0.05, 0.1) is 5.69 Å². The summed E-state index contributed by atoms with van der Waals surface area (Å²) in [6, 6.07) is 8.26. The van der Waals surface area contributed by atoms with Crippen LogP contribution in [-0.2, 0) is 6.61 Å². The lowest BCUT2D eigenvalue weighted by atomic mass is 10.3. The van der Waals surface area contributed by atoms with Crippen LogP contribution in [0.5, 0.6) is 5.75 Å². The molecule has 1 aromatic carbocycles. The summed E-state index contributed by atoms with van der Waals surface area (Å²) >= 11 is 3.23. The van der Waals surface area contributed by atoms with E-state index in [1.807, 2.05) is 19.1 Å². The first-order chi connectivity index (χ1) is 9.17. The van der Waals surface area contributed by atoms with E-state index in [-0.39, 0.29) is 5.82 Å². The third-order valence-electron chi connectivity index (χ3n) is 2.42. The molecule has 1 N–H and O–H groups in total. The van der Waals surface area contributed by atoms with Crippen LogP contribution in [0.4, 0.5) is 10.1 Å². The molecule has 0 radical (unpaired) electrons. The monoisotopic (exact) mass is 324 g/mol. The summed E-state index contributed by atoms with van der Waals surface area (Å²) in [4.78, 5) is 4.21. The van der Waals surface area contributed by atoms with Gasteiger partial charge >= 0.3 is 0 Å². The Balaban J connectivity index is 2.03. The number of nitrogens with one attached hydrogen (secondary N) is 1. The summed E-state index contributed by atoms with van der Waals surface area (Å²) < 4.78 is 19.4. The Labute approximate surface area is 119 Å². The lowest BCUT2D eigenvalue weighted by molar-refractivity contribution is 0.299. The summed E-state index contributed by atoms with van der Waals surface area (Å²) in [5, 5.41) is 3.20. The third kappa shape index (κ3) is 4.21. The SMILES string of the molecule is CCNc1ccnc(COc2cc(F)cc(Br)c2)c1. The fraction of sp³-hybridized carbons (Fsp3) is 0.214. The molecule has 19 heavy (non-hydrogen) atoms. The number of rotatable bonds is 5. The summed E-state index contributed by atoms with van der Waals surface area (Å²) in [5.41, 5.74) is 1.79. The van der Waals surface area contributed by atoms with E-state index in [0.29, 0.717) is 16.8 Å². The van der Waals surface area contributed by atoms with Crippen molar-refractivity contribution in [2.24, 2.45) is 0 Å². The van der Waals surface area contributed by atoms with E-state index < -0.39 is 0 Å². The van der Waals surface area contributed by atoms with E-state index in [2.05, 4.69) is 26.2 Å². The molecule has 1 heterocycles. The number of pyridine rings is 1. The van der Waals surface area contributed by atoms with Crippen LogP contribution in [0.1, 0.15) is 12.6 Å². The molecule has 3 nitrogen and oxygen atoms in total. The molecule has 0 bridgehead atoms. The zero-order valence-corrected chi connectivity index (χ0v) is 12.1. The fourth-order valence-corrected chi connectivity index (χ4v) is 2.08. The summed E-state index contributed by atoms with van der Waals surface area (Å²) in [6.45, 7) is 3.18. The molecule has 0 amide bonds. The predicted octanol–water partition coefficient (Wildman–Crippen LogP) is 3.99. The van der Waals surface area contributed by atoms with Gasteiger partial charge in [-0.25, -0.2) is 4.39 Å². The van der Waals surface area contributed by atoms with Gasteiger partial charge in [0.2, 0.25) is 0 Å². The van der Waals surface area contributed by atoms with Crippen LogP contribution in [0.25, 0.3) is 0 Å². The van der Waals surface area contributed by atoms with Gasteiger partial charge in [0.1, 0.15) is 18.2 Å². The number of hydrogen-bond acceptors (Lipinski definition) is 3. The molecule has 0 aliphatic heterocycles. The molecule has 1 aromatic heterocycles. The Kier molecular flexibility index (Phi) is 4.74. The number of anilines is 1. The van der Waals surface area contributed by atoms with Gasteiger partial charge in [-0.3, -0.25) is 4.98 Å². The number of benzene rings is 1. The van der Waals surface area contributed by atoms with Crippen LogP contribution in [0, 0.1) is 5.82 Å². The highest BCUT2D eigenvalue weighted by Crippen LogP contribution is 2.21. The second-order valence-corrected chi connectivity index (χ2v) is 4.88. The molecule has 100 valence electrons. The van der Waals surface area contributed by atoms with Crippen LogP contribution in [0.3, 0.4) is 0 Å². The lowest BCUT2D eigenvalue weighted by Gasteiger charge is -2.08. The van der Waals surface area contributed by atoms with Crippen molar-refractivity contribution in [2.75, 3.05) is 11.9 Å². The highest BCUT2D eigenvalue weighted by molar-refractivity contribution is 9.10. The maximum absolute atomic E-state index is 13.2. The molecular weight excluding hydrogens is 311 g/mol. The Morgan fingerprint density at radius 1 is 1.32 bits per heavy atom. The number of nitrogens with zero attached hydrogens (tertiary/aromatic N) is 1. The smallest absolute Gasteiger partial charge is 0.130 e. The largest absolute Gasteiger partial charge is 0.487 e. The van der Waals surface area contributed by atoms with Crippen LogP contribution < -0.4 is 10.1 Å². The Morgan fingerprint density at radius 3 is 2.89 bits per heavy atom. The van der Waals surface area contributed by atoms with Crippen LogP contribution in [0.2, 0.25) is 0 Å². The maximum Gasteiger partial charge on any atom is 0.130 e. The highest BCUT2D eigenvalue weighted by atomic mass is 79.9. The molecule has 2 rings (SSSR count). The third-order valence-corrected chi connectivity index (χ3v) is 2.88. The number of halogens is 2. The number of aromatic nitrogens is 1. The first-order valence-electron chi connectivity index (χ1n) is 5.95. The standard InChI is InChI=1S/C14H14BrFN2O/c1-2-17-12-3-4-18-13(8-12)9-19-14-6-10(15)5-11(16)7-14/h3-8H,2,9H2,1H3,(H,17,18). The highest BCUT2D eigenvalue weighted by Gasteiger charge is 2.02. The van der Waals surface area contributed by atoms with Crippen LogP contribution >= 0.6 is 15.9 Å². The van der Waals surface area contributed by atoms with Crippen molar-refractivity contribution in [3.63, 3.8) is 0 Å². The summed E-state index contributed by atoms with van der Waals surface area (Å²) in [7, 11) is 0. The number of hydrogen-bond donors (Lipinski definition) is 1. The van der Waals surface area contributed by atoms with Gasteiger partial charge in [0, 0.05) is 29.0 Å². The fourth-order valence-electron chi connectivity index (χ4n) is 1.64.